The summed E-state index contributed by atoms with van der Waals surface area (Å²) < 4.78 is 4.99. The van der Waals surface area contributed by atoms with Crippen LogP contribution in [-0.4, -0.2) is 38.3 Å². The summed E-state index contributed by atoms with van der Waals surface area (Å²) in [5.74, 6) is 0.802. The number of ether oxygens (including phenoxy) is 1. The number of nitrogens with zero attached hydrogens (tertiary/aromatic N) is 2. The molecule has 1 aromatic rings. The number of thiazole rings is 1. The molecule has 0 aliphatic rings. The van der Waals surface area contributed by atoms with E-state index in [0.29, 0.717) is 6.54 Å². The van der Waals surface area contributed by atoms with Crippen molar-refractivity contribution in [3.8, 4) is 0 Å². The summed E-state index contributed by atoms with van der Waals surface area (Å²) in [6.07, 6.45) is 0.965. The van der Waals surface area contributed by atoms with Crippen molar-refractivity contribution in [3.05, 3.63) is 15.6 Å². The van der Waals surface area contributed by atoms with Gasteiger partial charge in [0.05, 0.1) is 12.2 Å². The molecule has 0 amide bonds. The Morgan fingerprint density at radius 2 is 2.11 bits per heavy atom. The zero-order chi connectivity index (χ0) is 13.4. The van der Waals surface area contributed by atoms with E-state index < -0.39 is 0 Å². The second-order valence-corrected chi connectivity index (χ2v) is 5.24. The average molecular weight is 398 g/mol. The highest BCUT2D eigenvalue weighted by Gasteiger charge is 2.04. The van der Waals surface area contributed by atoms with Crippen molar-refractivity contribution >= 4 is 41.3 Å². The molecular formula is C12H23IN4OS. The van der Waals surface area contributed by atoms with Crippen LogP contribution in [0, 0.1) is 13.8 Å². The van der Waals surface area contributed by atoms with E-state index >= 15 is 0 Å². The standard InChI is InChI=1S/C12H22N4OS.HI/c1-9-10(2)18-11(16-9)8-15-12(13-3)14-6-5-7-17-4;/h5-8H2,1-4H3,(H2,13,14,15);1H. The van der Waals surface area contributed by atoms with Crippen LogP contribution in [0.5, 0.6) is 0 Å². The molecule has 0 unspecified atom stereocenters. The molecule has 19 heavy (non-hydrogen) atoms. The van der Waals surface area contributed by atoms with E-state index in [2.05, 4.69) is 27.5 Å². The summed E-state index contributed by atoms with van der Waals surface area (Å²) in [6, 6.07) is 0. The third kappa shape index (κ3) is 7.07. The van der Waals surface area contributed by atoms with Gasteiger partial charge in [-0.15, -0.1) is 35.3 Å². The first-order chi connectivity index (χ1) is 8.67. The minimum absolute atomic E-state index is 0. The van der Waals surface area contributed by atoms with Crippen LogP contribution in [0.15, 0.2) is 4.99 Å². The Hall–Kier alpha value is -0.410. The number of aliphatic imine (C=N–C) groups is 1. The van der Waals surface area contributed by atoms with Crippen LogP contribution in [0.2, 0.25) is 0 Å². The Kier molecular flexibility index (Phi) is 10.2. The number of halogens is 1. The molecule has 0 fully saturated rings. The number of hydrogen-bond acceptors (Lipinski definition) is 4. The van der Waals surface area contributed by atoms with Gasteiger partial charge in [0, 0.05) is 32.2 Å². The fraction of sp³-hybridized carbons (Fsp3) is 0.667. The predicted octanol–water partition coefficient (Wildman–Crippen LogP) is 2.08. The average Bonchev–Trinajstić information content (AvgIpc) is 2.68. The van der Waals surface area contributed by atoms with Crippen LogP contribution in [-0.2, 0) is 11.3 Å². The van der Waals surface area contributed by atoms with E-state index in [9.17, 15) is 0 Å². The largest absolute Gasteiger partial charge is 0.385 e. The molecule has 110 valence electrons. The van der Waals surface area contributed by atoms with Crippen LogP contribution < -0.4 is 10.6 Å². The van der Waals surface area contributed by atoms with Gasteiger partial charge in [0.15, 0.2) is 5.96 Å². The molecule has 0 radical (unpaired) electrons. The van der Waals surface area contributed by atoms with Gasteiger partial charge in [-0.1, -0.05) is 0 Å². The second-order valence-electron chi connectivity index (χ2n) is 3.95. The molecule has 7 heteroatoms. The minimum Gasteiger partial charge on any atom is -0.385 e. The highest BCUT2D eigenvalue weighted by molar-refractivity contribution is 14.0. The second kappa shape index (κ2) is 10.4. The SMILES string of the molecule is CN=C(NCCCOC)NCc1nc(C)c(C)s1.I. The van der Waals surface area contributed by atoms with E-state index in [1.165, 1.54) is 4.88 Å². The van der Waals surface area contributed by atoms with Gasteiger partial charge in [-0.2, -0.15) is 0 Å². The molecule has 2 N–H and O–H groups in total. The van der Waals surface area contributed by atoms with E-state index in [-0.39, 0.29) is 24.0 Å². The lowest BCUT2D eigenvalue weighted by atomic mass is 10.4. The van der Waals surface area contributed by atoms with Crippen LogP contribution in [0.25, 0.3) is 0 Å². The number of aryl methyl sites for hydroxylation is 2. The highest BCUT2D eigenvalue weighted by atomic mass is 127. The van der Waals surface area contributed by atoms with Gasteiger partial charge >= 0.3 is 0 Å². The minimum atomic E-state index is 0. The monoisotopic (exact) mass is 398 g/mol. The Labute approximate surface area is 136 Å². The molecule has 0 atom stereocenters. The highest BCUT2D eigenvalue weighted by Crippen LogP contribution is 2.15. The number of guanidine groups is 1. The molecule has 0 bridgehead atoms. The number of aromatic nitrogens is 1. The third-order valence-corrected chi connectivity index (χ3v) is 3.59. The van der Waals surface area contributed by atoms with E-state index in [0.717, 1.165) is 36.2 Å². The normalized spacial score (nSPS) is 11.1. The van der Waals surface area contributed by atoms with Gasteiger partial charge in [0.25, 0.3) is 0 Å². The number of rotatable bonds is 6. The summed E-state index contributed by atoms with van der Waals surface area (Å²) >= 11 is 1.72. The number of nitrogens with one attached hydrogen (secondary N) is 2. The zero-order valence-corrected chi connectivity index (χ0v) is 15.1. The van der Waals surface area contributed by atoms with Gasteiger partial charge < -0.3 is 15.4 Å². The van der Waals surface area contributed by atoms with Crippen molar-refractivity contribution in [2.75, 3.05) is 27.3 Å². The molecule has 0 spiro atoms. The maximum Gasteiger partial charge on any atom is 0.191 e. The van der Waals surface area contributed by atoms with Crippen molar-refractivity contribution in [1.82, 2.24) is 15.6 Å². The van der Waals surface area contributed by atoms with Gasteiger partial charge in [-0.05, 0) is 20.3 Å². The van der Waals surface area contributed by atoms with Crippen molar-refractivity contribution in [3.63, 3.8) is 0 Å². The Morgan fingerprint density at radius 3 is 2.63 bits per heavy atom. The maximum absolute atomic E-state index is 4.99. The third-order valence-electron chi connectivity index (χ3n) is 2.52. The lowest BCUT2D eigenvalue weighted by Gasteiger charge is -2.10. The van der Waals surface area contributed by atoms with E-state index in [1.807, 2.05) is 6.92 Å². The van der Waals surface area contributed by atoms with Gasteiger partial charge in [-0.25, -0.2) is 4.98 Å². The summed E-state index contributed by atoms with van der Waals surface area (Å²) in [4.78, 5) is 9.91. The van der Waals surface area contributed by atoms with Crippen molar-refractivity contribution < 1.29 is 4.74 Å². The lowest BCUT2D eigenvalue weighted by molar-refractivity contribution is 0.195. The molecular weight excluding hydrogens is 375 g/mol. The van der Waals surface area contributed by atoms with E-state index in [1.54, 1.807) is 25.5 Å². The first kappa shape index (κ1) is 18.6. The Bertz CT molecular complexity index is 376. The topological polar surface area (TPSA) is 58.5 Å². The van der Waals surface area contributed by atoms with Crippen molar-refractivity contribution in [2.45, 2.75) is 26.8 Å². The fourth-order valence-corrected chi connectivity index (χ4v) is 2.29. The zero-order valence-electron chi connectivity index (χ0n) is 11.9. The van der Waals surface area contributed by atoms with Gasteiger partial charge in [-0.3, -0.25) is 4.99 Å². The van der Waals surface area contributed by atoms with Crippen molar-refractivity contribution in [1.29, 1.82) is 0 Å². The Morgan fingerprint density at radius 1 is 1.37 bits per heavy atom. The lowest BCUT2D eigenvalue weighted by Crippen LogP contribution is -2.37. The fourth-order valence-electron chi connectivity index (χ4n) is 1.42. The van der Waals surface area contributed by atoms with Crippen LogP contribution in [0.3, 0.4) is 0 Å². The quantitative estimate of drug-likeness (QED) is 0.334. The molecule has 1 rings (SSSR count). The number of hydrogen-bond donors (Lipinski definition) is 2. The number of methoxy groups -OCH3 is 1. The van der Waals surface area contributed by atoms with Gasteiger partial charge in [0.1, 0.15) is 5.01 Å². The summed E-state index contributed by atoms with van der Waals surface area (Å²) in [5, 5.41) is 7.57. The molecule has 0 aliphatic carbocycles. The summed E-state index contributed by atoms with van der Waals surface area (Å²) in [6.45, 7) is 6.45. The summed E-state index contributed by atoms with van der Waals surface area (Å²) in [5.41, 5.74) is 1.11. The first-order valence-corrected chi connectivity index (χ1v) is 6.85. The molecule has 1 heterocycles. The van der Waals surface area contributed by atoms with Crippen LogP contribution in [0.4, 0.5) is 0 Å². The van der Waals surface area contributed by atoms with Crippen LogP contribution >= 0.6 is 35.3 Å². The molecule has 0 aromatic carbocycles. The molecule has 0 saturated heterocycles. The maximum atomic E-state index is 4.99. The Balaban J connectivity index is 0.00000324. The van der Waals surface area contributed by atoms with E-state index in [4.69, 9.17) is 4.74 Å². The molecule has 5 nitrogen and oxygen atoms in total. The molecule has 0 aliphatic heterocycles. The molecule has 0 saturated carbocycles. The smallest absolute Gasteiger partial charge is 0.191 e. The van der Waals surface area contributed by atoms with Crippen molar-refractivity contribution in [2.24, 2.45) is 4.99 Å². The molecule has 1 aromatic heterocycles. The summed E-state index contributed by atoms with van der Waals surface area (Å²) in [7, 11) is 3.48. The van der Waals surface area contributed by atoms with Crippen LogP contribution in [0.1, 0.15) is 22.0 Å². The van der Waals surface area contributed by atoms with Gasteiger partial charge in [0.2, 0.25) is 0 Å². The predicted molar refractivity (Wildman–Crippen MR) is 91.7 cm³/mol. The first-order valence-electron chi connectivity index (χ1n) is 6.03.